The van der Waals surface area contributed by atoms with Crippen molar-refractivity contribution in [3.05, 3.63) is 0 Å². The summed E-state index contributed by atoms with van der Waals surface area (Å²) in [6.07, 6.45) is 1.32. The summed E-state index contributed by atoms with van der Waals surface area (Å²) >= 11 is 0. The van der Waals surface area contributed by atoms with Gasteiger partial charge in [0.2, 0.25) is 5.91 Å². The molecule has 0 bridgehead atoms. The molecule has 0 aromatic carbocycles. The lowest BCUT2D eigenvalue weighted by atomic mass is 9.94. The SMILES string of the molecule is CC1C[C@H](C(=O)N2CCOCC2)[C@H](C(=O)O)C1. The van der Waals surface area contributed by atoms with Gasteiger partial charge in [-0.25, -0.2) is 0 Å². The number of morpholine rings is 1. The molecule has 0 aromatic rings. The number of carboxylic acids is 1. The van der Waals surface area contributed by atoms with E-state index in [1.54, 1.807) is 4.90 Å². The molecule has 1 saturated heterocycles. The van der Waals surface area contributed by atoms with Gasteiger partial charge in [0.1, 0.15) is 0 Å². The molecule has 1 saturated carbocycles. The Bertz CT molecular complexity index is 312. The van der Waals surface area contributed by atoms with Crippen molar-refractivity contribution in [2.45, 2.75) is 19.8 Å². The van der Waals surface area contributed by atoms with Crippen LogP contribution in [-0.4, -0.2) is 48.2 Å². The summed E-state index contributed by atoms with van der Waals surface area (Å²) < 4.78 is 5.20. The zero-order valence-corrected chi connectivity index (χ0v) is 10.1. The van der Waals surface area contributed by atoms with Gasteiger partial charge in [-0.05, 0) is 18.8 Å². The van der Waals surface area contributed by atoms with E-state index in [0.29, 0.717) is 45.1 Å². The van der Waals surface area contributed by atoms with E-state index in [1.807, 2.05) is 6.92 Å². The van der Waals surface area contributed by atoms with Crippen molar-refractivity contribution in [1.29, 1.82) is 0 Å². The molecule has 0 aromatic heterocycles. The number of rotatable bonds is 2. The van der Waals surface area contributed by atoms with Crippen molar-refractivity contribution >= 4 is 11.9 Å². The molecule has 1 aliphatic carbocycles. The summed E-state index contributed by atoms with van der Waals surface area (Å²) in [7, 11) is 0. The van der Waals surface area contributed by atoms with Crippen LogP contribution in [0.5, 0.6) is 0 Å². The molecule has 17 heavy (non-hydrogen) atoms. The van der Waals surface area contributed by atoms with E-state index in [2.05, 4.69) is 0 Å². The zero-order valence-electron chi connectivity index (χ0n) is 10.1. The minimum Gasteiger partial charge on any atom is -0.481 e. The first kappa shape index (κ1) is 12.4. The quantitative estimate of drug-likeness (QED) is 0.768. The zero-order chi connectivity index (χ0) is 12.4. The molecule has 2 aliphatic rings. The predicted molar refractivity (Wildman–Crippen MR) is 60.4 cm³/mol. The molecule has 0 spiro atoms. The average molecular weight is 241 g/mol. The van der Waals surface area contributed by atoms with Crippen molar-refractivity contribution in [1.82, 2.24) is 4.90 Å². The van der Waals surface area contributed by atoms with E-state index in [4.69, 9.17) is 9.84 Å². The Hall–Kier alpha value is -1.10. The lowest BCUT2D eigenvalue weighted by molar-refractivity contribution is -0.150. The van der Waals surface area contributed by atoms with Crippen LogP contribution in [0.2, 0.25) is 0 Å². The lowest BCUT2D eigenvalue weighted by Gasteiger charge is -2.30. The highest BCUT2D eigenvalue weighted by atomic mass is 16.5. The van der Waals surface area contributed by atoms with Gasteiger partial charge in [0.15, 0.2) is 0 Å². The van der Waals surface area contributed by atoms with E-state index >= 15 is 0 Å². The Labute approximate surface area is 101 Å². The Balaban J connectivity index is 2.04. The van der Waals surface area contributed by atoms with Gasteiger partial charge in [0.25, 0.3) is 0 Å². The third kappa shape index (κ3) is 2.60. The molecule has 5 nitrogen and oxygen atoms in total. The van der Waals surface area contributed by atoms with Crippen molar-refractivity contribution in [2.24, 2.45) is 17.8 Å². The second-order valence-electron chi connectivity index (χ2n) is 5.07. The highest BCUT2D eigenvalue weighted by Crippen LogP contribution is 2.37. The van der Waals surface area contributed by atoms with Crippen molar-refractivity contribution in [2.75, 3.05) is 26.3 Å². The van der Waals surface area contributed by atoms with E-state index in [-0.39, 0.29) is 11.8 Å². The molecular formula is C12H19NO4. The maximum Gasteiger partial charge on any atom is 0.307 e. The highest BCUT2D eigenvalue weighted by Gasteiger charge is 2.42. The maximum absolute atomic E-state index is 12.3. The fourth-order valence-electron chi connectivity index (χ4n) is 2.86. The first-order valence-electron chi connectivity index (χ1n) is 6.19. The summed E-state index contributed by atoms with van der Waals surface area (Å²) in [5.74, 6) is -1.34. The van der Waals surface area contributed by atoms with E-state index in [0.717, 1.165) is 0 Å². The molecule has 96 valence electrons. The van der Waals surface area contributed by atoms with Crippen LogP contribution in [-0.2, 0) is 14.3 Å². The molecule has 0 radical (unpaired) electrons. The van der Waals surface area contributed by atoms with Crippen LogP contribution in [0.1, 0.15) is 19.8 Å². The first-order chi connectivity index (χ1) is 8.09. The molecule has 1 unspecified atom stereocenters. The molecule has 3 atom stereocenters. The van der Waals surface area contributed by atoms with Gasteiger partial charge < -0.3 is 14.7 Å². The molecule has 1 N–H and O–H groups in total. The van der Waals surface area contributed by atoms with Crippen LogP contribution in [0, 0.1) is 17.8 Å². The number of carboxylic acid groups (broad SMARTS) is 1. The number of hydrogen-bond acceptors (Lipinski definition) is 3. The first-order valence-corrected chi connectivity index (χ1v) is 6.19. The Morgan fingerprint density at radius 3 is 2.35 bits per heavy atom. The van der Waals surface area contributed by atoms with Gasteiger partial charge in [-0.2, -0.15) is 0 Å². The minimum atomic E-state index is -0.832. The van der Waals surface area contributed by atoms with Crippen molar-refractivity contribution in [3.8, 4) is 0 Å². The largest absolute Gasteiger partial charge is 0.481 e. The number of ether oxygens (including phenoxy) is 1. The predicted octanol–water partition coefficient (Wildman–Crippen LogP) is 0.592. The molecular weight excluding hydrogens is 222 g/mol. The monoisotopic (exact) mass is 241 g/mol. The molecule has 1 aliphatic heterocycles. The fourth-order valence-corrected chi connectivity index (χ4v) is 2.86. The minimum absolute atomic E-state index is 0.00468. The summed E-state index contributed by atoms with van der Waals surface area (Å²) in [5.41, 5.74) is 0. The van der Waals surface area contributed by atoms with Crippen LogP contribution in [0.25, 0.3) is 0 Å². The van der Waals surface area contributed by atoms with Crippen LogP contribution < -0.4 is 0 Å². The number of aliphatic carboxylic acids is 1. The average Bonchev–Trinajstić information content (AvgIpc) is 2.72. The van der Waals surface area contributed by atoms with Crippen LogP contribution in [0.3, 0.4) is 0 Å². The molecule has 1 heterocycles. The Kier molecular flexibility index (Phi) is 3.66. The summed E-state index contributed by atoms with van der Waals surface area (Å²) in [6.45, 7) is 4.33. The van der Waals surface area contributed by atoms with Gasteiger partial charge in [-0.15, -0.1) is 0 Å². The number of carbonyl (C=O) groups excluding carboxylic acids is 1. The number of nitrogens with zero attached hydrogens (tertiary/aromatic N) is 1. The second-order valence-corrected chi connectivity index (χ2v) is 5.07. The molecule has 1 amide bonds. The van der Waals surface area contributed by atoms with Gasteiger partial charge in [0, 0.05) is 13.1 Å². The highest BCUT2D eigenvalue weighted by molar-refractivity contribution is 5.85. The second kappa shape index (κ2) is 5.04. The summed E-state index contributed by atoms with van der Waals surface area (Å²) in [4.78, 5) is 25.2. The lowest BCUT2D eigenvalue weighted by Crippen LogP contribution is -2.45. The van der Waals surface area contributed by atoms with Gasteiger partial charge in [-0.1, -0.05) is 6.92 Å². The number of amides is 1. The third-order valence-electron chi connectivity index (χ3n) is 3.76. The van der Waals surface area contributed by atoms with Crippen molar-refractivity contribution in [3.63, 3.8) is 0 Å². The molecule has 2 rings (SSSR count). The normalized spacial score (nSPS) is 33.7. The van der Waals surface area contributed by atoms with E-state index < -0.39 is 11.9 Å². The smallest absolute Gasteiger partial charge is 0.307 e. The third-order valence-corrected chi connectivity index (χ3v) is 3.76. The molecule has 2 fully saturated rings. The van der Waals surface area contributed by atoms with Crippen LogP contribution in [0.4, 0.5) is 0 Å². The standard InChI is InChI=1S/C12H19NO4/c1-8-6-9(10(7-8)12(15)16)11(14)13-2-4-17-5-3-13/h8-10H,2-7H2,1H3,(H,15,16)/t8?,9-,10+/m0/s1. The van der Waals surface area contributed by atoms with E-state index in [1.165, 1.54) is 0 Å². The summed E-state index contributed by atoms with van der Waals surface area (Å²) in [6, 6.07) is 0. The topological polar surface area (TPSA) is 66.8 Å². The molecule has 5 heteroatoms. The van der Waals surface area contributed by atoms with Gasteiger partial charge >= 0.3 is 5.97 Å². The number of carbonyl (C=O) groups is 2. The number of hydrogen-bond donors (Lipinski definition) is 1. The Morgan fingerprint density at radius 1 is 1.18 bits per heavy atom. The van der Waals surface area contributed by atoms with E-state index in [9.17, 15) is 9.59 Å². The van der Waals surface area contributed by atoms with Crippen LogP contribution in [0.15, 0.2) is 0 Å². The van der Waals surface area contributed by atoms with Gasteiger partial charge in [-0.3, -0.25) is 9.59 Å². The van der Waals surface area contributed by atoms with Crippen molar-refractivity contribution < 1.29 is 19.4 Å². The van der Waals surface area contributed by atoms with Gasteiger partial charge in [0.05, 0.1) is 25.0 Å². The fraction of sp³-hybridized carbons (Fsp3) is 0.833. The van der Waals surface area contributed by atoms with Crippen LogP contribution >= 0.6 is 0 Å². The Morgan fingerprint density at radius 2 is 1.76 bits per heavy atom. The summed E-state index contributed by atoms with van der Waals surface area (Å²) in [5, 5.41) is 9.15. The maximum atomic E-state index is 12.3.